The highest BCUT2D eigenvalue weighted by atomic mass is 127. The molecule has 3 heterocycles. The van der Waals surface area contributed by atoms with Gasteiger partial charge in [-0.05, 0) is 17.9 Å². The van der Waals surface area contributed by atoms with Gasteiger partial charge in [-0.25, -0.2) is 0 Å². The van der Waals surface area contributed by atoms with Gasteiger partial charge in [0.2, 0.25) is 0 Å². The van der Waals surface area contributed by atoms with Crippen molar-refractivity contribution in [3.63, 3.8) is 0 Å². The number of aliphatic imine (C=N–C) groups is 1. The summed E-state index contributed by atoms with van der Waals surface area (Å²) in [4.78, 5) is 8.38. The van der Waals surface area contributed by atoms with Crippen LogP contribution in [0.15, 0.2) is 22.5 Å². The second-order valence-electron chi connectivity index (χ2n) is 8.01. The summed E-state index contributed by atoms with van der Waals surface area (Å²) in [6.07, 6.45) is 1.14. The third-order valence-corrected chi connectivity index (χ3v) is 6.85. The van der Waals surface area contributed by atoms with E-state index in [2.05, 4.69) is 51.9 Å². The molecule has 160 valence electrons. The van der Waals surface area contributed by atoms with Crippen LogP contribution in [0.3, 0.4) is 0 Å². The number of thiophene rings is 1. The second kappa shape index (κ2) is 11.7. The Morgan fingerprint density at radius 3 is 2.68 bits per heavy atom. The van der Waals surface area contributed by atoms with Crippen LogP contribution in [-0.2, 0) is 14.9 Å². The predicted octanol–water partition coefficient (Wildman–Crippen LogP) is 2.55. The molecule has 8 heteroatoms. The van der Waals surface area contributed by atoms with E-state index >= 15 is 0 Å². The minimum Gasteiger partial charge on any atom is -0.381 e. The highest BCUT2D eigenvalue weighted by Crippen LogP contribution is 2.26. The first-order chi connectivity index (χ1) is 13.1. The summed E-state index contributed by atoms with van der Waals surface area (Å²) in [5.74, 6) is 1.45. The zero-order valence-corrected chi connectivity index (χ0v) is 20.4. The molecule has 2 saturated heterocycles. The Balaban J connectivity index is 0.00000280. The van der Waals surface area contributed by atoms with E-state index in [9.17, 15) is 0 Å². The van der Waals surface area contributed by atoms with Crippen molar-refractivity contribution < 1.29 is 9.47 Å². The maximum absolute atomic E-state index is 5.67. The average molecular weight is 522 g/mol. The molecule has 6 nitrogen and oxygen atoms in total. The van der Waals surface area contributed by atoms with Gasteiger partial charge in [-0.1, -0.05) is 19.9 Å². The molecule has 0 aliphatic carbocycles. The first kappa shape index (κ1) is 23.9. The SMILES string of the molecule is CN=C(NCC(C1CCOC1)N1CCOCC1)NCC(C)(C)c1cccs1.I. The summed E-state index contributed by atoms with van der Waals surface area (Å²) in [5, 5.41) is 9.22. The van der Waals surface area contributed by atoms with Gasteiger partial charge in [0, 0.05) is 62.1 Å². The van der Waals surface area contributed by atoms with E-state index < -0.39 is 0 Å². The van der Waals surface area contributed by atoms with Gasteiger partial charge in [0.25, 0.3) is 0 Å². The number of nitrogens with zero attached hydrogens (tertiary/aromatic N) is 2. The molecule has 0 aromatic carbocycles. The van der Waals surface area contributed by atoms with Gasteiger partial charge in [-0.3, -0.25) is 9.89 Å². The zero-order valence-electron chi connectivity index (χ0n) is 17.3. The Hall–Kier alpha value is -0.420. The molecule has 1 aromatic rings. The van der Waals surface area contributed by atoms with Crippen molar-refractivity contribution in [3.8, 4) is 0 Å². The minimum absolute atomic E-state index is 0. The molecule has 2 N–H and O–H groups in total. The van der Waals surface area contributed by atoms with E-state index in [1.54, 1.807) is 0 Å². The number of nitrogens with one attached hydrogen (secondary N) is 2. The quantitative estimate of drug-likeness (QED) is 0.328. The third kappa shape index (κ3) is 6.55. The molecule has 0 spiro atoms. The van der Waals surface area contributed by atoms with Crippen LogP contribution in [0.1, 0.15) is 25.1 Å². The molecular weight excluding hydrogens is 487 g/mol. The van der Waals surface area contributed by atoms with Crippen LogP contribution in [0, 0.1) is 5.92 Å². The lowest BCUT2D eigenvalue weighted by molar-refractivity contribution is 0.00246. The first-order valence-corrected chi connectivity index (χ1v) is 10.9. The molecule has 2 fully saturated rings. The zero-order chi connectivity index (χ0) is 19.1. The number of hydrogen-bond donors (Lipinski definition) is 2. The van der Waals surface area contributed by atoms with E-state index in [1.807, 2.05) is 18.4 Å². The smallest absolute Gasteiger partial charge is 0.191 e. The summed E-state index contributed by atoms with van der Waals surface area (Å²) in [6.45, 7) is 11.7. The first-order valence-electron chi connectivity index (χ1n) is 9.98. The van der Waals surface area contributed by atoms with Gasteiger partial charge < -0.3 is 20.1 Å². The molecule has 3 rings (SSSR count). The van der Waals surface area contributed by atoms with Gasteiger partial charge in [0.05, 0.1) is 19.8 Å². The van der Waals surface area contributed by atoms with Crippen LogP contribution in [0.25, 0.3) is 0 Å². The summed E-state index contributed by atoms with van der Waals surface area (Å²) in [7, 11) is 1.84. The highest BCUT2D eigenvalue weighted by Gasteiger charge is 2.31. The van der Waals surface area contributed by atoms with E-state index in [0.29, 0.717) is 12.0 Å². The van der Waals surface area contributed by atoms with E-state index in [1.165, 1.54) is 4.88 Å². The Kier molecular flexibility index (Phi) is 9.96. The standard InChI is InChI=1S/C20H34N4O2S.HI/c1-20(2,18-5-4-12-27-18)15-23-19(21-3)22-13-17(16-6-9-26-14-16)24-7-10-25-11-8-24;/h4-5,12,16-17H,6-11,13-15H2,1-3H3,(H2,21,22,23);1H. The molecule has 28 heavy (non-hydrogen) atoms. The largest absolute Gasteiger partial charge is 0.381 e. The van der Waals surface area contributed by atoms with Crippen molar-refractivity contribution in [2.24, 2.45) is 10.9 Å². The van der Waals surface area contributed by atoms with E-state index in [4.69, 9.17) is 9.47 Å². The van der Waals surface area contributed by atoms with Crippen molar-refractivity contribution in [2.75, 3.05) is 59.7 Å². The summed E-state index contributed by atoms with van der Waals surface area (Å²) >= 11 is 1.81. The fourth-order valence-corrected chi connectivity index (χ4v) is 4.69. The fraction of sp³-hybridized carbons (Fsp3) is 0.750. The molecule has 2 aliphatic heterocycles. The molecule has 0 radical (unpaired) electrons. The molecule has 0 bridgehead atoms. The molecule has 0 amide bonds. The molecule has 0 saturated carbocycles. The van der Waals surface area contributed by atoms with Crippen LogP contribution in [0.2, 0.25) is 0 Å². The summed E-state index contributed by atoms with van der Waals surface area (Å²) in [5.41, 5.74) is 0.0781. The predicted molar refractivity (Wildman–Crippen MR) is 127 cm³/mol. The Morgan fingerprint density at radius 1 is 1.29 bits per heavy atom. The maximum Gasteiger partial charge on any atom is 0.191 e. The maximum atomic E-state index is 5.67. The van der Waals surface area contributed by atoms with Crippen LogP contribution in [-0.4, -0.2) is 76.6 Å². The van der Waals surface area contributed by atoms with Crippen LogP contribution in [0.4, 0.5) is 0 Å². The van der Waals surface area contributed by atoms with Gasteiger partial charge in [0.1, 0.15) is 0 Å². The topological polar surface area (TPSA) is 58.1 Å². The molecular formula is C20H35IN4O2S. The summed E-state index contributed by atoms with van der Waals surface area (Å²) in [6, 6.07) is 4.78. The lowest BCUT2D eigenvalue weighted by Gasteiger charge is -2.37. The van der Waals surface area contributed by atoms with Gasteiger partial charge in [0.15, 0.2) is 5.96 Å². The van der Waals surface area contributed by atoms with E-state index in [-0.39, 0.29) is 29.4 Å². The number of guanidine groups is 1. The highest BCUT2D eigenvalue weighted by molar-refractivity contribution is 14.0. The Labute approximate surface area is 190 Å². The number of halogens is 1. The average Bonchev–Trinajstić information content (AvgIpc) is 3.39. The molecule has 1 aromatic heterocycles. The van der Waals surface area contributed by atoms with Crippen molar-refractivity contribution in [2.45, 2.75) is 31.7 Å². The monoisotopic (exact) mass is 522 g/mol. The molecule has 2 unspecified atom stereocenters. The number of ether oxygens (including phenoxy) is 2. The molecule has 2 aliphatic rings. The molecule has 2 atom stereocenters. The van der Waals surface area contributed by atoms with Gasteiger partial charge in [-0.2, -0.15) is 0 Å². The summed E-state index contributed by atoms with van der Waals surface area (Å²) < 4.78 is 11.2. The minimum atomic E-state index is 0. The van der Waals surface area contributed by atoms with Gasteiger partial charge in [-0.15, -0.1) is 35.3 Å². The third-order valence-electron chi connectivity index (χ3n) is 5.61. The van der Waals surface area contributed by atoms with Crippen LogP contribution < -0.4 is 10.6 Å². The fourth-order valence-electron chi connectivity index (χ4n) is 3.84. The number of hydrogen-bond acceptors (Lipinski definition) is 5. The Morgan fingerprint density at radius 2 is 2.07 bits per heavy atom. The Bertz CT molecular complexity index is 585. The lowest BCUT2D eigenvalue weighted by atomic mass is 9.91. The van der Waals surface area contributed by atoms with E-state index in [0.717, 1.165) is 65.0 Å². The second-order valence-corrected chi connectivity index (χ2v) is 8.95. The lowest BCUT2D eigenvalue weighted by Crippen LogP contribution is -2.54. The van der Waals surface area contributed by atoms with Crippen LogP contribution >= 0.6 is 35.3 Å². The van der Waals surface area contributed by atoms with Gasteiger partial charge >= 0.3 is 0 Å². The van der Waals surface area contributed by atoms with Crippen molar-refractivity contribution in [1.29, 1.82) is 0 Å². The van der Waals surface area contributed by atoms with Crippen molar-refractivity contribution in [3.05, 3.63) is 22.4 Å². The van der Waals surface area contributed by atoms with Crippen molar-refractivity contribution in [1.82, 2.24) is 15.5 Å². The number of rotatable bonds is 7. The van der Waals surface area contributed by atoms with Crippen LogP contribution in [0.5, 0.6) is 0 Å². The number of morpholine rings is 1. The normalized spacial score (nSPS) is 22.5. The van der Waals surface area contributed by atoms with Crippen molar-refractivity contribution >= 4 is 41.3 Å².